The van der Waals surface area contributed by atoms with Gasteiger partial charge in [-0.3, -0.25) is 19.0 Å². The number of allylic oxidation sites excluding steroid dienone is 1. The van der Waals surface area contributed by atoms with E-state index in [4.69, 9.17) is 14.5 Å². The monoisotopic (exact) mass is 532 g/mol. The summed E-state index contributed by atoms with van der Waals surface area (Å²) in [6.07, 6.45) is 0. The Morgan fingerprint density at radius 1 is 1.11 bits per heavy atom. The van der Waals surface area contributed by atoms with Crippen molar-refractivity contribution in [2.24, 2.45) is 4.99 Å². The summed E-state index contributed by atoms with van der Waals surface area (Å²) >= 11 is 1.14. The van der Waals surface area contributed by atoms with Gasteiger partial charge in [0.25, 0.3) is 17.4 Å². The Morgan fingerprint density at radius 3 is 2.53 bits per heavy atom. The van der Waals surface area contributed by atoms with Crippen LogP contribution in [0.5, 0.6) is 11.5 Å². The van der Waals surface area contributed by atoms with Crippen LogP contribution in [0, 0.1) is 0 Å². The molecule has 3 aromatic rings. The molecule has 196 valence electrons. The number of aromatic nitrogens is 1. The van der Waals surface area contributed by atoms with Gasteiger partial charge in [0.2, 0.25) is 0 Å². The van der Waals surface area contributed by atoms with E-state index in [0.717, 1.165) is 11.3 Å². The second-order valence-corrected chi connectivity index (χ2v) is 9.84. The Balaban J connectivity index is 1.86. The predicted molar refractivity (Wildman–Crippen MR) is 145 cm³/mol. The molecule has 2 aromatic carbocycles. The van der Waals surface area contributed by atoms with Gasteiger partial charge in [-0.25, -0.2) is 4.99 Å². The van der Waals surface area contributed by atoms with Crippen molar-refractivity contribution in [1.82, 2.24) is 9.47 Å². The molecule has 38 heavy (non-hydrogen) atoms. The summed E-state index contributed by atoms with van der Waals surface area (Å²) in [6, 6.07) is 11.7. The zero-order chi connectivity index (χ0) is 27.1. The van der Waals surface area contributed by atoms with E-state index >= 15 is 0 Å². The van der Waals surface area contributed by atoms with E-state index in [9.17, 15) is 14.4 Å². The number of hydrogen-bond acceptors (Lipinski definition) is 7. The Labute approximate surface area is 223 Å². The number of anilines is 1. The number of likely N-dealkylation sites (N-methyl/N-ethyl adjacent to an activating group) is 1. The van der Waals surface area contributed by atoms with Crippen LogP contribution in [0.2, 0.25) is 0 Å². The summed E-state index contributed by atoms with van der Waals surface area (Å²) in [5.41, 5.74) is 2.68. The van der Waals surface area contributed by atoms with E-state index in [-0.39, 0.29) is 16.3 Å². The maximum absolute atomic E-state index is 14.2. The minimum atomic E-state index is -0.835. The lowest BCUT2D eigenvalue weighted by Crippen LogP contribution is -2.43. The Hall–Kier alpha value is -4.18. The predicted octanol–water partition coefficient (Wildman–Crippen LogP) is 2.44. The normalized spacial score (nSPS) is 17.4. The first-order valence-corrected chi connectivity index (χ1v) is 13.1. The molecule has 10 heteroatoms. The lowest BCUT2D eigenvalue weighted by atomic mass is 9.93. The fourth-order valence-electron chi connectivity index (χ4n) is 5.02. The molecule has 2 aliphatic rings. The standard InChI is InChI=1S/C28H28N4O5S/c1-6-31(7-2)26(34)21-15(3)29-28-32(23(21)18-14-16(36-4)12-13-20(18)37-5)27(35)24(38-28)22-17-10-8-9-11-19(17)30-25(22)33/h8-14,23H,6-7H2,1-5H3,(H,30,33)/b24-22-/t23-/m0/s1. The van der Waals surface area contributed by atoms with Gasteiger partial charge in [0.1, 0.15) is 22.1 Å². The molecule has 0 fully saturated rings. The molecular weight excluding hydrogens is 504 g/mol. The Kier molecular flexibility index (Phi) is 6.66. The molecular formula is C28H28N4O5S. The molecule has 0 radical (unpaired) electrons. The molecule has 9 nitrogen and oxygen atoms in total. The van der Waals surface area contributed by atoms with E-state index in [1.807, 2.05) is 32.0 Å². The highest BCUT2D eigenvalue weighted by molar-refractivity contribution is 7.07. The number of carbonyl (C=O) groups excluding carboxylic acids is 2. The summed E-state index contributed by atoms with van der Waals surface area (Å²) in [5.74, 6) is 0.492. The van der Waals surface area contributed by atoms with E-state index in [1.165, 1.54) is 4.57 Å². The van der Waals surface area contributed by atoms with Gasteiger partial charge in [0.05, 0.1) is 31.1 Å². The van der Waals surface area contributed by atoms with Crippen LogP contribution in [-0.2, 0) is 9.59 Å². The molecule has 3 heterocycles. The second-order valence-electron chi connectivity index (χ2n) is 8.86. The van der Waals surface area contributed by atoms with Crippen LogP contribution >= 0.6 is 11.3 Å². The van der Waals surface area contributed by atoms with E-state index in [0.29, 0.717) is 63.0 Å². The number of thiazole rings is 1. The number of ether oxygens (including phenoxy) is 2. The topological polar surface area (TPSA) is 102 Å². The maximum atomic E-state index is 14.2. The number of amides is 2. The van der Waals surface area contributed by atoms with Crippen molar-refractivity contribution in [3.63, 3.8) is 0 Å². The molecule has 0 aliphatic carbocycles. The Bertz CT molecular complexity index is 1680. The van der Waals surface area contributed by atoms with Crippen molar-refractivity contribution < 1.29 is 19.1 Å². The smallest absolute Gasteiger partial charge is 0.271 e. The number of hydrogen-bond donors (Lipinski definition) is 1. The van der Waals surface area contributed by atoms with Crippen molar-refractivity contribution in [1.29, 1.82) is 0 Å². The molecule has 0 spiro atoms. The average Bonchev–Trinajstić information content (AvgIpc) is 3.42. The number of fused-ring (bicyclic) bond motifs is 2. The van der Waals surface area contributed by atoms with Crippen molar-refractivity contribution in [3.05, 3.63) is 84.5 Å². The SMILES string of the molecule is CCN(CC)C(=O)C1=C(C)N=c2s/c(=C3\C(=O)Nc4ccccc43)c(=O)n2[C@H]1c1cc(OC)ccc1OC. The first kappa shape index (κ1) is 25.5. The Morgan fingerprint density at radius 2 is 1.84 bits per heavy atom. The molecule has 0 bridgehead atoms. The highest BCUT2D eigenvalue weighted by Crippen LogP contribution is 2.38. The number of methoxy groups -OCH3 is 2. The largest absolute Gasteiger partial charge is 0.497 e. The molecule has 0 saturated carbocycles. The number of nitrogens with one attached hydrogen (secondary N) is 1. The first-order chi connectivity index (χ1) is 18.3. The zero-order valence-electron chi connectivity index (χ0n) is 21.8. The second kappa shape index (κ2) is 9.94. The van der Waals surface area contributed by atoms with Crippen LogP contribution in [0.4, 0.5) is 5.69 Å². The highest BCUT2D eigenvalue weighted by Gasteiger charge is 2.37. The van der Waals surface area contributed by atoms with Gasteiger partial charge < -0.3 is 19.7 Å². The van der Waals surface area contributed by atoms with E-state index in [2.05, 4.69) is 5.32 Å². The lowest BCUT2D eigenvalue weighted by Gasteiger charge is -2.30. The maximum Gasteiger partial charge on any atom is 0.271 e. The van der Waals surface area contributed by atoms with Gasteiger partial charge in [0.15, 0.2) is 4.80 Å². The van der Waals surface area contributed by atoms with Gasteiger partial charge in [-0.1, -0.05) is 29.5 Å². The number of nitrogens with zero attached hydrogens (tertiary/aromatic N) is 3. The van der Waals surface area contributed by atoms with Gasteiger partial charge in [-0.2, -0.15) is 0 Å². The minimum Gasteiger partial charge on any atom is -0.497 e. The molecule has 5 rings (SSSR count). The van der Waals surface area contributed by atoms with Crippen LogP contribution in [0.3, 0.4) is 0 Å². The molecule has 0 saturated heterocycles. The number of benzene rings is 2. The summed E-state index contributed by atoms with van der Waals surface area (Å²) in [7, 11) is 3.09. The van der Waals surface area contributed by atoms with Crippen LogP contribution < -0.4 is 29.7 Å². The van der Waals surface area contributed by atoms with Crippen molar-refractivity contribution >= 4 is 34.4 Å². The van der Waals surface area contributed by atoms with E-state index in [1.54, 1.807) is 50.3 Å². The average molecular weight is 533 g/mol. The lowest BCUT2D eigenvalue weighted by molar-refractivity contribution is -0.127. The van der Waals surface area contributed by atoms with Gasteiger partial charge >= 0.3 is 0 Å². The minimum absolute atomic E-state index is 0.215. The molecule has 2 aliphatic heterocycles. The van der Waals surface area contributed by atoms with Crippen LogP contribution in [0.25, 0.3) is 5.57 Å². The van der Waals surface area contributed by atoms with Gasteiger partial charge in [0, 0.05) is 29.9 Å². The van der Waals surface area contributed by atoms with Gasteiger partial charge in [-0.15, -0.1) is 0 Å². The fraction of sp³-hybridized carbons (Fsp3) is 0.286. The van der Waals surface area contributed by atoms with Crippen LogP contribution in [-0.4, -0.2) is 48.6 Å². The van der Waals surface area contributed by atoms with Crippen molar-refractivity contribution in [3.8, 4) is 11.5 Å². The molecule has 1 N–H and O–H groups in total. The summed E-state index contributed by atoms with van der Waals surface area (Å²) in [4.78, 5) is 47.8. The number of para-hydroxylation sites is 1. The number of carbonyl (C=O) groups is 2. The van der Waals surface area contributed by atoms with E-state index < -0.39 is 11.6 Å². The fourth-order valence-corrected chi connectivity index (χ4v) is 6.16. The summed E-state index contributed by atoms with van der Waals surface area (Å²) in [6.45, 7) is 6.59. The summed E-state index contributed by atoms with van der Waals surface area (Å²) < 4.78 is 12.9. The van der Waals surface area contributed by atoms with Crippen LogP contribution in [0.15, 0.2) is 63.5 Å². The summed E-state index contributed by atoms with van der Waals surface area (Å²) in [5, 5.41) is 2.84. The highest BCUT2D eigenvalue weighted by atomic mass is 32.1. The molecule has 2 amide bonds. The number of rotatable bonds is 6. The third-order valence-corrected chi connectivity index (χ3v) is 7.96. The molecule has 1 aromatic heterocycles. The third kappa shape index (κ3) is 3.92. The van der Waals surface area contributed by atoms with Crippen LogP contribution in [0.1, 0.15) is 37.9 Å². The molecule has 1 atom stereocenters. The van der Waals surface area contributed by atoms with Crippen molar-refractivity contribution in [2.75, 3.05) is 32.6 Å². The molecule has 0 unspecified atom stereocenters. The van der Waals surface area contributed by atoms with Crippen molar-refractivity contribution in [2.45, 2.75) is 26.8 Å². The third-order valence-electron chi connectivity index (χ3n) is 6.91. The quantitative estimate of drug-likeness (QED) is 0.526. The first-order valence-electron chi connectivity index (χ1n) is 12.3. The zero-order valence-corrected chi connectivity index (χ0v) is 22.6. The van der Waals surface area contributed by atoms with Gasteiger partial charge in [-0.05, 0) is 45.0 Å².